The van der Waals surface area contributed by atoms with Gasteiger partial charge in [-0.3, -0.25) is 0 Å². The van der Waals surface area contributed by atoms with Crippen LogP contribution in [0, 0.1) is 0 Å². The van der Waals surface area contributed by atoms with Crippen molar-refractivity contribution in [2.75, 3.05) is 6.61 Å². The van der Waals surface area contributed by atoms with Crippen LogP contribution in [0.5, 0.6) is 0 Å². The average Bonchev–Trinajstić information content (AvgIpc) is 2.66. The van der Waals surface area contributed by atoms with Gasteiger partial charge < -0.3 is 4.74 Å². The molecule has 160 valence electrons. The second kappa shape index (κ2) is 23.2. The summed E-state index contributed by atoms with van der Waals surface area (Å²) in [5.74, 6) is -0.208. The van der Waals surface area contributed by atoms with Crippen molar-refractivity contribution in [2.24, 2.45) is 0 Å². The van der Waals surface area contributed by atoms with Crippen LogP contribution >= 0.6 is 0 Å². The fraction of sp³-hybridized carbons (Fsp3) is 0.880. The van der Waals surface area contributed by atoms with Gasteiger partial charge in [-0.05, 0) is 19.8 Å². The molecule has 0 bridgehead atoms. The van der Waals surface area contributed by atoms with E-state index < -0.39 is 0 Å². The normalized spacial score (nSPS) is 11.3. The molecule has 0 aliphatic carbocycles. The van der Waals surface area contributed by atoms with Crippen molar-refractivity contribution in [3.05, 3.63) is 12.2 Å². The molecule has 0 heterocycles. The predicted octanol–water partition coefficient (Wildman–Crippen LogP) is 8.54. The zero-order chi connectivity index (χ0) is 19.8. The van der Waals surface area contributed by atoms with E-state index >= 15 is 0 Å². The summed E-state index contributed by atoms with van der Waals surface area (Å²) in [6.45, 7) is 4.59. The Morgan fingerprint density at radius 1 is 0.593 bits per heavy atom. The van der Waals surface area contributed by atoms with Crippen LogP contribution in [-0.4, -0.2) is 12.6 Å². The highest BCUT2D eigenvalue weighted by Crippen LogP contribution is 2.14. The summed E-state index contributed by atoms with van der Waals surface area (Å²) in [4.78, 5) is 11.1. The van der Waals surface area contributed by atoms with Crippen molar-refractivity contribution in [3.8, 4) is 0 Å². The van der Waals surface area contributed by atoms with E-state index in [0.717, 1.165) is 6.42 Å². The van der Waals surface area contributed by atoms with Gasteiger partial charge in [-0.2, -0.15) is 0 Å². The first-order chi connectivity index (χ1) is 13.3. The highest BCUT2D eigenvalue weighted by Gasteiger charge is 1.95. The number of carbonyl (C=O) groups is 1. The first-order valence-electron chi connectivity index (χ1n) is 12.1. The maximum Gasteiger partial charge on any atom is 0.330 e. The summed E-state index contributed by atoms with van der Waals surface area (Å²) in [6, 6.07) is 0. The van der Waals surface area contributed by atoms with E-state index in [1.807, 2.05) is 13.0 Å². The summed E-state index contributed by atoms with van der Waals surface area (Å²) < 4.78 is 4.86. The van der Waals surface area contributed by atoms with Crippen LogP contribution in [0.15, 0.2) is 12.2 Å². The van der Waals surface area contributed by atoms with Crippen LogP contribution < -0.4 is 0 Å². The van der Waals surface area contributed by atoms with Crippen molar-refractivity contribution in [1.29, 1.82) is 0 Å². The van der Waals surface area contributed by atoms with Crippen LogP contribution in [0.2, 0.25) is 0 Å². The minimum Gasteiger partial charge on any atom is -0.463 e. The first-order valence-corrected chi connectivity index (χ1v) is 12.1. The molecular weight excluding hydrogens is 332 g/mol. The number of hydrogen-bond acceptors (Lipinski definition) is 2. The van der Waals surface area contributed by atoms with E-state index in [1.54, 1.807) is 6.08 Å². The number of ether oxygens (including phenoxy) is 1. The molecule has 0 aliphatic rings. The maximum atomic E-state index is 11.1. The monoisotopic (exact) mass is 380 g/mol. The topological polar surface area (TPSA) is 26.3 Å². The van der Waals surface area contributed by atoms with Crippen molar-refractivity contribution in [3.63, 3.8) is 0 Å². The highest BCUT2D eigenvalue weighted by atomic mass is 16.5. The molecule has 0 aliphatic heterocycles. The third kappa shape index (κ3) is 23.2. The lowest BCUT2D eigenvalue weighted by Gasteiger charge is -2.03. The maximum absolute atomic E-state index is 11.1. The molecule has 0 N–H and O–H groups in total. The van der Waals surface area contributed by atoms with Gasteiger partial charge in [0, 0.05) is 6.08 Å². The second-order valence-electron chi connectivity index (χ2n) is 7.95. The molecule has 0 saturated heterocycles. The molecule has 0 aromatic rings. The molecular formula is C25H48O2. The molecule has 0 spiro atoms. The van der Waals surface area contributed by atoms with E-state index in [4.69, 9.17) is 4.74 Å². The molecule has 0 radical (unpaired) electrons. The fourth-order valence-electron chi connectivity index (χ4n) is 3.53. The van der Waals surface area contributed by atoms with Gasteiger partial charge >= 0.3 is 5.97 Å². The average molecular weight is 381 g/mol. The largest absolute Gasteiger partial charge is 0.463 e. The lowest BCUT2D eigenvalue weighted by molar-refractivity contribution is -0.137. The van der Waals surface area contributed by atoms with Crippen molar-refractivity contribution in [2.45, 2.75) is 136 Å². The highest BCUT2D eigenvalue weighted by molar-refractivity contribution is 5.81. The third-order valence-electron chi connectivity index (χ3n) is 5.26. The van der Waals surface area contributed by atoms with Gasteiger partial charge in [0.2, 0.25) is 0 Å². The Kier molecular flexibility index (Phi) is 22.6. The quantitative estimate of drug-likeness (QED) is 0.113. The zero-order valence-corrected chi connectivity index (χ0v) is 18.6. The Morgan fingerprint density at radius 2 is 0.963 bits per heavy atom. The summed E-state index contributed by atoms with van der Waals surface area (Å²) in [5, 5.41) is 0. The van der Waals surface area contributed by atoms with Gasteiger partial charge in [-0.15, -0.1) is 0 Å². The zero-order valence-electron chi connectivity index (χ0n) is 18.6. The number of unbranched alkanes of at least 4 members (excludes halogenated alkanes) is 18. The van der Waals surface area contributed by atoms with Gasteiger partial charge in [0.1, 0.15) is 0 Å². The van der Waals surface area contributed by atoms with Gasteiger partial charge in [-0.25, -0.2) is 4.79 Å². The standard InChI is InChI=1S/C25H48O2/c1-3-5-6-7-8-9-10-11-12-13-14-15-16-17-18-19-20-21-22-23-24-25(26)27-4-2/h23-24H,3-22H2,1-2H3/b24-23+. The van der Waals surface area contributed by atoms with E-state index in [0.29, 0.717) is 6.61 Å². The molecule has 2 heteroatoms. The SMILES string of the molecule is CCCCCCCCCCCCCCCCCCCC/C=C/C(=O)OCC. The van der Waals surface area contributed by atoms with Crippen LogP contribution in [0.3, 0.4) is 0 Å². The van der Waals surface area contributed by atoms with E-state index in [2.05, 4.69) is 6.92 Å². The molecule has 0 saturated carbocycles. The number of hydrogen-bond donors (Lipinski definition) is 0. The van der Waals surface area contributed by atoms with Gasteiger partial charge in [0.25, 0.3) is 0 Å². The molecule has 2 nitrogen and oxygen atoms in total. The lowest BCUT2D eigenvalue weighted by Crippen LogP contribution is -1.98. The second-order valence-corrected chi connectivity index (χ2v) is 7.95. The van der Waals surface area contributed by atoms with Crippen LogP contribution in [0.4, 0.5) is 0 Å². The summed E-state index contributed by atoms with van der Waals surface area (Å²) in [6.07, 6.45) is 29.8. The van der Waals surface area contributed by atoms with E-state index in [1.165, 1.54) is 116 Å². The smallest absolute Gasteiger partial charge is 0.330 e. The van der Waals surface area contributed by atoms with Crippen molar-refractivity contribution in [1.82, 2.24) is 0 Å². The summed E-state index contributed by atoms with van der Waals surface area (Å²) in [5.41, 5.74) is 0. The first kappa shape index (κ1) is 26.2. The Balaban J connectivity index is 3.08. The molecule has 0 unspecified atom stereocenters. The molecule has 27 heavy (non-hydrogen) atoms. The Labute approximate surface area is 170 Å². The Morgan fingerprint density at radius 3 is 1.33 bits per heavy atom. The molecule has 0 amide bonds. The molecule has 0 aromatic heterocycles. The van der Waals surface area contributed by atoms with Crippen LogP contribution in [0.25, 0.3) is 0 Å². The number of carbonyl (C=O) groups excluding carboxylic acids is 1. The van der Waals surface area contributed by atoms with Crippen molar-refractivity contribution < 1.29 is 9.53 Å². The predicted molar refractivity (Wildman–Crippen MR) is 119 cm³/mol. The number of esters is 1. The van der Waals surface area contributed by atoms with Gasteiger partial charge in [0.15, 0.2) is 0 Å². The summed E-state index contributed by atoms with van der Waals surface area (Å²) in [7, 11) is 0. The molecule has 0 atom stereocenters. The lowest BCUT2D eigenvalue weighted by atomic mass is 10.0. The minimum absolute atomic E-state index is 0.208. The summed E-state index contributed by atoms with van der Waals surface area (Å²) >= 11 is 0. The van der Waals surface area contributed by atoms with Crippen LogP contribution in [-0.2, 0) is 9.53 Å². The van der Waals surface area contributed by atoms with Crippen molar-refractivity contribution >= 4 is 5.97 Å². The number of rotatable bonds is 21. The molecule has 0 aromatic carbocycles. The third-order valence-corrected chi connectivity index (χ3v) is 5.26. The van der Waals surface area contributed by atoms with Crippen LogP contribution in [0.1, 0.15) is 136 Å². The molecule has 0 rings (SSSR count). The Bertz CT molecular complexity index is 322. The van der Waals surface area contributed by atoms with Gasteiger partial charge in [-0.1, -0.05) is 122 Å². The van der Waals surface area contributed by atoms with E-state index in [-0.39, 0.29) is 5.97 Å². The molecule has 0 fully saturated rings. The number of allylic oxidation sites excluding steroid dienone is 1. The Hall–Kier alpha value is -0.790. The van der Waals surface area contributed by atoms with Gasteiger partial charge in [0.05, 0.1) is 6.61 Å². The minimum atomic E-state index is -0.208. The van der Waals surface area contributed by atoms with E-state index in [9.17, 15) is 4.79 Å². The fourth-order valence-corrected chi connectivity index (χ4v) is 3.53.